The first-order valence-electron chi connectivity index (χ1n) is 12.1. The second kappa shape index (κ2) is 7.97. The molecule has 4 fully saturated rings. The maximum Gasteiger partial charge on any atom is 0.270 e. The minimum absolute atomic E-state index is 0.0833. The average Bonchev–Trinajstić information content (AvgIpc) is 3.55. The zero-order chi connectivity index (χ0) is 20.8. The summed E-state index contributed by atoms with van der Waals surface area (Å²) in [5, 5.41) is 6.33. The fourth-order valence-electron chi connectivity index (χ4n) is 7.26. The van der Waals surface area contributed by atoms with Crippen LogP contribution in [0.4, 0.5) is 0 Å². The Labute approximate surface area is 179 Å². The lowest BCUT2D eigenvalue weighted by Gasteiger charge is -2.28. The van der Waals surface area contributed by atoms with E-state index in [1.807, 2.05) is 0 Å². The summed E-state index contributed by atoms with van der Waals surface area (Å²) in [6, 6.07) is 3.78. The summed E-state index contributed by atoms with van der Waals surface area (Å²) in [4.78, 5) is 29.6. The fourth-order valence-corrected chi connectivity index (χ4v) is 7.26. The Bertz CT molecular complexity index is 740. The summed E-state index contributed by atoms with van der Waals surface area (Å²) >= 11 is 0. The Morgan fingerprint density at radius 3 is 1.83 bits per heavy atom. The lowest BCUT2D eigenvalue weighted by molar-refractivity contribution is 0.0898. The lowest BCUT2D eigenvalue weighted by atomic mass is 9.84. The van der Waals surface area contributed by atoms with Crippen molar-refractivity contribution in [1.82, 2.24) is 15.6 Å². The summed E-state index contributed by atoms with van der Waals surface area (Å²) in [5.74, 6) is 4.31. The maximum atomic E-state index is 12.7. The minimum Gasteiger partial charge on any atom is -0.349 e. The van der Waals surface area contributed by atoms with Crippen molar-refractivity contribution in [2.45, 2.75) is 77.3 Å². The molecule has 0 aromatic carbocycles. The van der Waals surface area contributed by atoms with Gasteiger partial charge in [0.05, 0.1) is 5.56 Å². The number of nitrogens with one attached hydrogen (secondary N) is 2. The first-order chi connectivity index (χ1) is 14.5. The summed E-state index contributed by atoms with van der Waals surface area (Å²) in [6.45, 7) is 4.26. The van der Waals surface area contributed by atoms with Gasteiger partial charge in [-0.1, -0.05) is 12.8 Å². The van der Waals surface area contributed by atoms with Gasteiger partial charge in [0.25, 0.3) is 11.8 Å². The molecule has 0 unspecified atom stereocenters. The van der Waals surface area contributed by atoms with Crippen LogP contribution in [0.15, 0.2) is 18.3 Å². The molecule has 5 heteroatoms. The second-order valence-corrected chi connectivity index (χ2v) is 10.6. The molecule has 5 nitrogen and oxygen atoms in total. The quantitative estimate of drug-likeness (QED) is 0.740. The maximum absolute atomic E-state index is 12.7. The standard InChI is InChI=1S/C25H35N3O2/c1-14(21-11-16-3-5-18(21)9-16)27-24(29)20-7-8-23(26-13-20)25(30)28-15(2)22-12-17-4-6-19(22)10-17/h7-8,13-19,21-22H,3-6,9-12H2,1-2H3,(H,27,29)(H,28,30)/t14-,15+,16-,17-,18-,19-,21-,22+/m0/s1. The van der Waals surface area contributed by atoms with E-state index in [1.54, 1.807) is 18.3 Å². The van der Waals surface area contributed by atoms with E-state index in [0.29, 0.717) is 23.1 Å². The highest BCUT2D eigenvalue weighted by molar-refractivity contribution is 5.96. The molecule has 30 heavy (non-hydrogen) atoms. The van der Waals surface area contributed by atoms with Gasteiger partial charge in [-0.3, -0.25) is 14.6 Å². The highest BCUT2D eigenvalue weighted by atomic mass is 16.2. The van der Waals surface area contributed by atoms with Gasteiger partial charge < -0.3 is 10.6 Å². The number of fused-ring (bicyclic) bond motifs is 4. The second-order valence-electron chi connectivity index (χ2n) is 10.6. The number of carbonyl (C=O) groups is 2. The molecule has 8 atom stereocenters. The minimum atomic E-state index is -0.132. The summed E-state index contributed by atoms with van der Waals surface area (Å²) < 4.78 is 0. The van der Waals surface area contributed by atoms with Crippen molar-refractivity contribution in [3.63, 3.8) is 0 Å². The van der Waals surface area contributed by atoms with E-state index in [9.17, 15) is 9.59 Å². The molecule has 1 heterocycles. The topological polar surface area (TPSA) is 71.1 Å². The number of nitrogens with zero attached hydrogens (tertiary/aromatic N) is 1. The van der Waals surface area contributed by atoms with Crippen molar-refractivity contribution in [1.29, 1.82) is 0 Å². The van der Waals surface area contributed by atoms with Crippen LogP contribution in [-0.2, 0) is 0 Å². The van der Waals surface area contributed by atoms with Crippen LogP contribution < -0.4 is 10.6 Å². The summed E-state index contributed by atoms with van der Waals surface area (Å²) in [6.07, 6.45) is 12.1. The molecule has 4 bridgehead atoms. The van der Waals surface area contributed by atoms with E-state index in [4.69, 9.17) is 0 Å². The number of aromatic nitrogens is 1. The fraction of sp³-hybridized carbons (Fsp3) is 0.720. The number of hydrogen-bond donors (Lipinski definition) is 2. The zero-order valence-corrected chi connectivity index (χ0v) is 18.3. The number of rotatable bonds is 6. The van der Waals surface area contributed by atoms with Crippen LogP contribution in [-0.4, -0.2) is 28.9 Å². The number of pyridine rings is 1. The van der Waals surface area contributed by atoms with E-state index in [0.717, 1.165) is 23.7 Å². The molecular weight excluding hydrogens is 374 g/mol. The van der Waals surface area contributed by atoms with Crippen LogP contribution in [0.1, 0.15) is 86.1 Å². The molecule has 1 aromatic rings. The summed E-state index contributed by atoms with van der Waals surface area (Å²) in [5.41, 5.74) is 0.922. The highest BCUT2D eigenvalue weighted by Gasteiger charge is 2.43. The molecule has 2 N–H and O–H groups in total. The van der Waals surface area contributed by atoms with Gasteiger partial charge in [-0.25, -0.2) is 0 Å². The van der Waals surface area contributed by atoms with Gasteiger partial charge in [-0.15, -0.1) is 0 Å². The van der Waals surface area contributed by atoms with Crippen molar-refractivity contribution < 1.29 is 9.59 Å². The van der Waals surface area contributed by atoms with Crippen LogP contribution in [0.2, 0.25) is 0 Å². The molecule has 4 saturated carbocycles. The Morgan fingerprint density at radius 2 is 1.40 bits per heavy atom. The molecule has 0 radical (unpaired) electrons. The van der Waals surface area contributed by atoms with E-state index < -0.39 is 0 Å². The third-order valence-corrected chi connectivity index (χ3v) is 8.85. The first kappa shape index (κ1) is 20.0. The molecule has 162 valence electrons. The first-order valence-corrected chi connectivity index (χ1v) is 12.1. The Morgan fingerprint density at radius 1 is 0.833 bits per heavy atom. The molecule has 1 aromatic heterocycles. The van der Waals surface area contributed by atoms with Gasteiger partial charge in [0.15, 0.2) is 0 Å². The van der Waals surface area contributed by atoms with E-state index >= 15 is 0 Å². The molecule has 4 aliphatic rings. The zero-order valence-electron chi connectivity index (χ0n) is 18.3. The highest BCUT2D eigenvalue weighted by Crippen LogP contribution is 2.50. The monoisotopic (exact) mass is 409 g/mol. The van der Waals surface area contributed by atoms with Gasteiger partial charge in [0.2, 0.25) is 0 Å². The molecule has 0 saturated heterocycles. The molecule has 2 amide bonds. The third kappa shape index (κ3) is 3.76. The van der Waals surface area contributed by atoms with Crippen LogP contribution in [0, 0.1) is 35.5 Å². The smallest absolute Gasteiger partial charge is 0.270 e. The predicted octanol–water partition coefficient (Wildman–Crippen LogP) is 4.19. The van der Waals surface area contributed by atoms with Crippen LogP contribution in [0.3, 0.4) is 0 Å². The summed E-state index contributed by atoms with van der Waals surface area (Å²) in [7, 11) is 0. The van der Waals surface area contributed by atoms with Gasteiger partial charge >= 0.3 is 0 Å². The van der Waals surface area contributed by atoms with Crippen molar-refractivity contribution >= 4 is 11.8 Å². The van der Waals surface area contributed by atoms with Crippen LogP contribution >= 0.6 is 0 Å². The lowest BCUT2D eigenvalue weighted by Crippen LogP contribution is -2.41. The predicted molar refractivity (Wildman–Crippen MR) is 116 cm³/mol. The Balaban J connectivity index is 1.15. The van der Waals surface area contributed by atoms with E-state index in [-0.39, 0.29) is 23.9 Å². The number of amides is 2. The van der Waals surface area contributed by atoms with Crippen LogP contribution in [0.5, 0.6) is 0 Å². The van der Waals surface area contributed by atoms with Gasteiger partial charge in [0.1, 0.15) is 5.69 Å². The molecule has 5 rings (SSSR count). The average molecular weight is 410 g/mol. The SMILES string of the molecule is C[C@H](NC(=O)c1ccc(C(=O)N[C@H](C)[C@H]2C[C@H]3CC[C@H]2C3)nc1)[C@@H]1C[C@H]2CC[C@H]1C2. The largest absolute Gasteiger partial charge is 0.349 e. The Hall–Kier alpha value is -1.91. The Kier molecular flexibility index (Phi) is 5.32. The molecular formula is C25H35N3O2. The van der Waals surface area contributed by atoms with Crippen LogP contribution in [0.25, 0.3) is 0 Å². The van der Waals surface area contributed by atoms with Crippen molar-refractivity contribution in [3.8, 4) is 0 Å². The molecule has 0 spiro atoms. The van der Waals surface area contributed by atoms with Crippen molar-refractivity contribution in [2.24, 2.45) is 35.5 Å². The van der Waals surface area contributed by atoms with Crippen molar-refractivity contribution in [2.75, 3.05) is 0 Å². The van der Waals surface area contributed by atoms with Crippen molar-refractivity contribution in [3.05, 3.63) is 29.6 Å². The van der Waals surface area contributed by atoms with E-state index in [1.165, 1.54) is 51.4 Å². The number of carbonyl (C=O) groups excluding carboxylic acids is 2. The normalized spacial score (nSPS) is 35.9. The molecule has 0 aliphatic heterocycles. The third-order valence-electron chi connectivity index (χ3n) is 8.85. The van der Waals surface area contributed by atoms with Gasteiger partial charge in [-0.2, -0.15) is 0 Å². The van der Waals surface area contributed by atoms with Gasteiger partial charge in [-0.05, 0) is 100 Å². The van der Waals surface area contributed by atoms with Gasteiger partial charge in [0, 0.05) is 18.3 Å². The number of hydrogen-bond acceptors (Lipinski definition) is 3. The van der Waals surface area contributed by atoms with E-state index in [2.05, 4.69) is 29.5 Å². The molecule has 4 aliphatic carbocycles.